The number of nitrogens with one attached hydrogen (secondary N) is 5. The van der Waals surface area contributed by atoms with Gasteiger partial charge in [-0.1, -0.05) is 36.8 Å². The Balaban J connectivity index is 0.618. The molecule has 3 saturated heterocycles. The van der Waals surface area contributed by atoms with Crippen LogP contribution >= 0.6 is 11.8 Å². The third kappa shape index (κ3) is 32.4. The van der Waals surface area contributed by atoms with Crippen LogP contribution in [0.15, 0.2) is 43.0 Å². The van der Waals surface area contributed by atoms with Gasteiger partial charge in [-0.05, 0) is 37.7 Å². The van der Waals surface area contributed by atoms with Crippen molar-refractivity contribution in [3.63, 3.8) is 0 Å². The number of hydrogen-bond acceptors (Lipinski definition) is 28. The van der Waals surface area contributed by atoms with E-state index in [1.807, 2.05) is 16.5 Å². The summed E-state index contributed by atoms with van der Waals surface area (Å²) < 4.78 is 112. The molecule has 95 heavy (non-hydrogen) atoms. The molecular weight excluding hydrogens is 1290 g/mol. The number of benzene rings is 1. The molecule has 35 heteroatoms. The zero-order valence-corrected chi connectivity index (χ0v) is 55.7. The van der Waals surface area contributed by atoms with E-state index in [0.29, 0.717) is 190 Å². The summed E-state index contributed by atoms with van der Waals surface area (Å²) in [6.07, 6.45) is 2.43. The number of ether oxygens (including phenoxy) is 14. The molecule has 3 aliphatic rings. The number of carbonyl (C=O) groups excluding carboxylic acids is 4. The number of hydrogen-bond donors (Lipinski definition) is 8. The molecule has 0 radical (unpaired) electrons. The van der Waals surface area contributed by atoms with Gasteiger partial charge < -0.3 is 104 Å². The molecule has 5 heterocycles. The zero-order chi connectivity index (χ0) is 67.4. The van der Waals surface area contributed by atoms with Crippen LogP contribution in [0.2, 0.25) is 0 Å². The Kier molecular flexibility index (Phi) is 39.6. The summed E-state index contributed by atoms with van der Waals surface area (Å²) in [4.78, 5) is 61.1. The monoisotopic (exact) mass is 1390 g/mol. The summed E-state index contributed by atoms with van der Waals surface area (Å²) in [5, 5.41) is 23.5. The van der Waals surface area contributed by atoms with Gasteiger partial charge in [0.1, 0.15) is 30.2 Å². The van der Waals surface area contributed by atoms with Crippen molar-refractivity contribution >= 4 is 62.8 Å². The summed E-state index contributed by atoms with van der Waals surface area (Å²) in [5.74, 6) is -0.0737. The van der Waals surface area contributed by atoms with Gasteiger partial charge in [-0.2, -0.15) is 20.2 Å². The second-order valence-corrected chi connectivity index (χ2v) is 24.5. The molecule has 0 unspecified atom stereocenters. The molecule has 3 fully saturated rings. The third-order valence-corrected chi connectivity index (χ3v) is 17.0. The number of anilines is 1. The molecule has 5 amide bonds. The lowest BCUT2D eigenvalue weighted by molar-refractivity contribution is -0.122. The van der Waals surface area contributed by atoms with Crippen molar-refractivity contribution in [1.82, 2.24) is 45.5 Å². The molecule has 538 valence electrons. The van der Waals surface area contributed by atoms with Crippen LogP contribution in [0.5, 0.6) is 0 Å². The number of rotatable bonds is 58. The number of aromatic nitrogens is 4. The van der Waals surface area contributed by atoms with Gasteiger partial charge in [0, 0.05) is 43.5 Å². The first-order valence-electron chi connectivity index (χ1n) is 32.4. The maximum absolute atomic E-state index is 12.8. The average molecular weight is 1390 g/mol. The number of aliphatic hydroxyl groups excluding tert-OH is 1. The van der Waals surface area contributed by atoms with Crippen molar-refractivity contribution < 1.29 is 103 Å². The minimum Gasteiger partial charge on any atom is -0.387 e. The molecule has 8 atom stereocenters. The Morgan fingerprint density at radius 3 is 1.75 bits per heavy atom. The quantitative estimate of drug-likeness (QED) is 0.0257. The van der Waals surface area contributed by atoms with Crippen molar-refractivity contribution in [1.29, 1.82) is 0 Å². The average Bonchev–Trinajstić information content (AvgIpc) is 1.63. The normalized spacial score (nSPS) is 19.6. The molecule has 2 aromatic heterocycles. The summed E-state index contributed by atoms with van der Waals surface area (Å²) >= 11 is 1.89. The molecule has 3 aromatic rings. The number of aliphatic hydroxyl groups is 1. The van der Waals surface area contributed by atoms with Crippen molar-refractivity contribution in [2.24, 2.45) is 5.73 Å². The summed E-state index contributed by atoms with van der Waals surface area (Å²) in [5.41, 5.74) is 13.2. The predicted octanol–water partition coefficient (Wildman–Crippen LogP) is -0.673. The van der Waals surface area contributed by atoms with Crippen molar-refractivity contribution in [2.75, 3.05) is 196 Å². The summed E-state index contributed by atoms with van der Waals surface area (Å²) in [6, 6.07) is 8.04. The van der Waals surface area contributed by atoms with E-state index in [0.717, 1.165) is 30.6 Å². The first-order chi connectivity index (χ1) is 46.4. The number of carbonyl (C=O) groups is 4. The molecule has 0 spiro atoms. The number of thioether (sulfide) groups is 1. The fourth-order valence-electron chi connectivity index (χ4n) is 9.74. The first-order valence-corrected chi connectivity index (χ1v) is 34.9. The van der Waals surface area contributed by atoms with Crippen LogP contribution in [0, 0.1) is 0 Å². The molecule has 10 N–H and O–H groups in total. The first kappa shape index (κ1) is 78.9. The van der Waals surface area contributed by atoms with Gasteiger partial charge in [0.2, 0.25) is 11.8 Å². The Bertz CT molecular complexity index is 2700. The van der Waals surface area contributed by atoms with Crippen molar-refractivity contribution in [3.05, 3.63) is 48.5 Å². The van der Waals surface area contributed by atoms with Gasteiger partial charge >= 0.3 is 16.3 Å². The van der Waals surface area contributed by atoms with E-state index < -0.39 is 53.4 Å². The lowest BCUT2D eigenvalue weighted by Crippen LogP contribution is -2.46. The van der Waals surface area contributed by atoms with E-state index in [-0.39, 0.29) is 73.0 Å². The molecule has 0 bridgehead atoms. The van der Waals surface area contributed by atoms with Gasteiger partial charge in [-0.3, -0.25) is 23.1 Å². The Hall–Kier alpha value is -5.13. The Morgan fingerprint density at radius 1 is 0.653 bits per heavy atom. The number of amides is 5. The fourth-order valence-corrected chi connectivity index (χ4v) is 12.0. The highest BCUT2D eigenvalue weighted by Gasteiger charge is 2.47. The van der Waals surface area contributed by atoms with Crippen LogP contribution in [-0.4, -0.2) is 289 Å². The van der Waals surface area contributed by atoms with Gasteiger partial charge in [0.05, 0.1) is 190 Å². The highest BCUT2D eigenvalue weighted by Crippen LogP contribution is 2.35. The predicted molar refractivity (Wildman–Crippen MR) is 344 cm³/mol. The van der Waals surface area contributed by atoms with Gasteiger partial charge in [-0.15, -0.1) is 0 Å². The molecule has 1 aromatic carbocycles. The second-order valence-electron chi connectivity index (χ2n) is 21.8. The second kappa shape index (κ2) is 47.8. The fraction of sp³-hybridized carbons (Fsp3) is 0.750. The van der Waals surface area contributed by atoms with Gasteiger partial charge in [0.25, 0.3) is 5.91 Å². The summed E-state index contributed by atoms with van der Waals surface area (Å²) in [7, 11) is -4.66. The van der Waals surface area contributed by atoms with E-state index in [9.17, 15) is 32.7 Å². The van der Waals surface area contributed by atoms with Gasteiger partial charge in [-0.25, -0.2) is 24.5 Å². The zero-order valence-electron chi connectivity index (χ0n) is 54.1. The van der Waals surface area contributed by atoms with Crippen LogP contribution in [0.3, 0.4) is 0 Å². The lowest BCUT2D eigenvalue weighted by Gasteiger charge is -2.22. The van der Waals surface area contributed by atoms with Crippen molar-refractivity contribution in [3.8, 4) is 0 Å². The Labute approximate surface area is 559 Å². The van der Waals surface area contributed by atoms with Crippen molar-refractivity contribution in [2.45, 2.75) is 99.3 Å². The van der Waals surface area contributed by atoms with E-state index in [2.05, 4.69) is 36.2 Å². The molecule has 0 aliphatic carbocycles. The van der Waals surface area contributed by atoms with E-state index in [1.165, 1.54) is 17.2 Å². The van der Waals surface area contributed by atoms with Gasteiger partial charge in [0.15, 0.2) is 17.7 Å². The molecule has 33 nitrogen and oxygen atoms in total. The molecule has 6 rings (SSSR count). The highest BCUT2D eigenvalue weighted by molar-refractivity contribution is 8.00. The maximum atomic E-state index is 12.8. The lowest BCUT2D eigenvalue weighted by atomic mass is 10.0. The highest BCUT2D eigenvalue weighted by atomic mass is 32.2. The number of nitrogens with two attached hydrogens (primary N) is 2. The van der Waals surface area contributed by atoms with Crippen LogP contribution in [-0.2, 0) is 102 Å². The number of nitrogens with zero attached hydrogens (tertiary/aromatic N) is 4. The number of nitrogen functional groups attached to an aromatic ring is 1. The number of unbranched alkanes of at least 4 members (excludes halogenated alkanes) is 2. The molecular formula is C60H99N11O22S2. The Morgan fingerprint density at radius 2 is 1.18 bits per heavy atom. The maximum Gasteiger partial charge on any atom is 0.362 e. The van der Waals surface area contributed by atoms with E-state index >= 15 is 0 Å². The number of urea groups is 1. The van der Waals surface area contributed by atoms with E-state index in [1.54, 1.807) is 30.3 Å². The van der Waals surface area contributed by atoms with Crippen LogP contribution in [0.25, 0.3) is 11.2 Å². The van der Waals surface area contributed by atoms with E-state index in [4.69, 9.17) is 82.0 Å². The summed E-state index contributed by atoms with van der Waals surface area (Å²) in [6.45, 7) is 10.4. The minimum atomic E-state index is -4.66. The third-order valence-electron chi connectivity index (χ3n) is 14.6. The van der Waals surface area contributed by atoms with Crippen LogP contribution < -0.4 is 37.5 Å². The smallest absolute Gasteiger partial charge is 0.362 e. The molecule has 3 aliphatic heterocycles. The van der Waals surface area contributed by atoms with Crippen LogP contribution in [0.4, 0.5) is 10.6 Å². The number of imidazole rings is 1. The largest absolute Gasteiger partial charge is 0.387 e. The standard InChI is InChI=1S/C60H99N11O22S2/c61-46(40-45-8-2-1-3-9-45)58(75)70-95(77,78)92-41-48-54(74)55(59(93-48)71-44-67-53-56(62)65-43-66-57(53)71)91-15-7-6-13-63-51(73)12-16-79-18-20-81-22-24-83-26-28-85-30-32-87-34-36-89-38-39-90-37-35-88-33-31-86-29-27-84-25-23-82-21-19-80-17-14-64-50(72)11-5-4-10-49-52-47(42-94-49)68-60(76)69-52/h1-3,8-9,43-44,46-49,52,54-55,59,74H,4-7,10-42,61H2,(H,63,73)(H,64,72)(H,70,75)(H2,62,65,66)(H2,68,69,76)/t46-,47-,48+,49-,52-,54+,55+,59+/m0/s1. The molecule has 0 saturated carbocycles. The topological polar surface area (TPSA) is 417 Å². The van der Waals surface area contributed by atoms with Crippen LogP contribution in [0.1, 0.15) is 56.7 Å². The number of fused-ring (bicyclic) bond motifs is 2. The SMILES string of the molecule is Nc1ncnc2c1ncn2[C@@H]1O[C@H](COS(=O)(=O)NC(=O)[C@@H](N)Cc2ccccc2)[C@@H](O)[C@H]1OCCCCNC(=O)CCOCCOCCOCCOCCOCCOCCOCCOCCOCCOCCOCCOCCNC(=O)CCCC[C@@H]1SC[C@@H]2NC(=O)N[C@@H]21. The minimum absolute atomic E-state index is 0.0283.